The van der Waals surface area contributed by atoms with Gasteiger partial charge < -0.3 is 4.52 Å². The van der Waals surface area contributed by atoms with Crippen LogP contribution in [0.4, 0.5) is 0 Å². The number of nitrogens with one attached hydrogen (secondary N) is 2. The van der Waals surface area contributed by atoms with Crippen LogP contribution in [-0.4, -0.2) is 17.0 Å². The average Bonchev–Trinajstić information content (AvgIpc) is 3.41. The quantitative estimate of drug-likeness (QED) is 0.409. The second-order valence-corrected chi connectivity index (χ2v) is 8.93. The molecule has 8 heteroatoms. The van der Waals surface area contributed by atoms with E-state index in [4.69, 9.17) is 16.1 Å². The number of thiophene rings is 1. The summed E-state index contributed by atoms with van der Waals surface area (Å²) in [6, 6.07) is 17.2. The SMILES string of the molecule is Cc1onc(-c2ccccc2Cl)c1C(=O)NNC(=O)c1cc2c(s1)-c1ccccc1CC2. The molecule has 2 aromatic heterocycles. The Labute approximate surface area is 193 Å². The van der Waals surface area contributed by atoms with E-state index in [1.54, 1.807) is 31.2 Å². The van der Waals surface area contributed by atoms with Crippen LogP contribution in [0.1, 0.15) is 36.9 Å². The number of fused-ring (bicyclic) bond motifs is 3. The van der Waals surface area contributed by atoms with Crippen LogP contribution in [0.25, 0.3) is 21.7 Å². The van der Waals surface area contributed by atoms with Crippen molar-refractivity contribution >= 4 is 34.8 Å². The van der Waals surface area contributed by atoms with Crippen LogP contribution in [0, 0.1) is 6.92 Å². The monoisotopic (exact) mass is 463 g/mol. The molecule has 0 saturated heterocycles. The molecule has 0 unspecified atom stereocenters. The summed E-state index contributed by atoms with van der Waals surface area (Å²) >= 11 is 7.68. The van der Waals surface area contributed by atoms with Gasteiger partial charge in [-0.1, -0.05) is 59.2 Å². The third-order valence-electron chi connectivity index (χ3n) is 5.47. The van der Waals surface area contributed by atoms with Gasteiger partial charge in [-0.05, 0) is 48.6 Å². The van der Waals surface area contributed by atoms with E-state index in [1.165, 1.54) is 22.5 Å². The second-order valence-electron chi connectivity index (χ2n) is 7.47. The highest BCUT2D eigenvalue weighted by molar-refractivity contribution is 7.17. The predicted octanol–water partition coefficient (Wildman–Crippen LogP) is 5.21. The number of rotatable bonds is 3. The van der Waals surface area contributed by atoms with Crippen molar-refractivity contribution in [1.29, 1.82) is 0 Å². The number of aryl methyl sites for hydroxylation is 3. The zero-order chi connectivity index (χ0) is 22.2. The largest absolute Gasteiger partial charge is 0.360 e. The van der Waals surface area contributed by atoms with Gasteiger partial charge in [-0.25, -0.2) is 0 Å². The molecule has 32 heavy (non-hydrogen) atoms. The van der Waals surface area contributed by atoms with E-state index < -0.39 is 5.91 Å². The number of nitrogens with zero attached hydrogens (tertiary/aromatic N) is 1. The average molecular weight is 464 g/mol. The molecular formula is C24H18ClN3O3S. The summed E-state index contributed by atoms with van der Waals surface area (Å²) in [5.74, 6) is -0.572. The molecule has 2 aromatic carbocycles. The number of halogens is 1. The number of hydrogen-bond donors (Lipinski definition) is 2. The van der Waals surface area contributed by atoms with Crippen LogP contribution in [0.5, 0.6) is 0 Å². The molecule has 2 heterocycles. The molecule has 0 fully saturated rings. The topological polar surface area (TPSA) is 84.2 Å². The standard InChI is InChI=1S/C24H18ClN3O3S/c1-13-20(21(28-31-13)17-8-4-5-9-18(17)25)24(30)27-26-23(29)19-12-15-11-10-14-6-2-3-7-16(14)22(15)32-19/h2-9,12H,10-11H2,1H3,(H,26,29)(H,27,30). The Morgan fingerprint density at radius 1 is 0.969 bits per heavy atom. The van der Waals surface area contributed by atoms with Crippen LogP contribution in [0.15, 0.2) is 59.1 Å². The van der Waals surface area contributed by atoms with E-state index in [0.717, 1.165) is 23.3 Å². The fraction of sp³-hybridized carbons (Fsp3) is 0.125. The third kappa shape index (κ3) is 3.59. The van der Waals surface area contributed by atoms with E-state index >= 15 is 0 Å². The van der Waals surface area contributed by atoms with Gasteiger partial charge in [0.25, 0.3) is 11.8 Å². The van der Waals surface area contributed by atoms with Gasteiger partial charge in [0, 0.05) is 10.4 Å². The summed E-state index contributed by atoms with van der Waals surface area (Å²) in [4.78, 5) is 27.3. The number of aromatic nitrogens is 1. The predicted molar refractivity (Wildman–Crippen MR) is 124 cm³/mol. The minimum atomic E-state index is -0.529. The van der Waals surface area contributed by atoms with Gasteiger partial charge >= 0.3 is 0 Å². The van der Waals surface area contributed by atoms with Crippen molar-refractivity contribution in [2.75, 3.05) is 0 Å². The number of carbonyl (C=O) groups is 2. The van der Waals surface area contributed by atoms with Crippen LogP contribution in [0.2, 0.25) is 5.02 Å². The first kappa shape index (κ1) is 20.5. The van der Waals surface area contributed by atoms with Crippen molar-refractivity contribution in [1.82, 2.24) is 16.0 Å². The van der Waals surface area contributed by atoms with Gasteiger partial charge in [0.15, 0.2) is 0 Å². The van der Waals surface area contributed by atoms with Crippen LogP contribution in [0.3, 0.4) is 0 Å². The Kier molecular flexibility index (Phi) is 5.28. The lowest BCUT2D eigenvalue weighted by atomic mass is 9.91. The maximum atomic E-state index is 12.9. The van der Waals surface area contributed by atoms with Crippen molar-refractivity contribution in [2.45, 2.75) is 19.8 Å². The molecule has 0 saturated carbocycles. The van der Waals surface area contributed by atoms with Gasteiger partial charge in [-0.3, -0.25) is 20.4 Å². The van der Waals surface area contributed by atoms with Gasteiger partial charge in [0.1, 0.15) is 17.0 Å². The lowest BCUT2D eigenvalue weighted by molar-refractivity contribution is 0.0848. The summed E-state index contributed by atoms with van der Waals surface area (Å²) in [5.41, 5.74) is 9.72. The number of benzene rings is 2. The highest BCUT2D eigenvalue weighted by atomic mass is 35.5. The van der Waals surface area contributed by atoms with Gasteiger partial charge in [0.05, 0.1) is 9.90 Å². The van der Waals surface area contributed by atoms with E-state index in [2.05, 4.69) is 28.1 Å². The maximum Gasteiger partial charge on any atom is 0.279 e. The highest BCUT2D eigenvalue weighted by Crippen LogP contribution is 2.39. The minimum absolute atomic E-state index is 0.220. The van der Waals surface area contributed by atoms with Crippen molar-refractivity contribution in [2.24, 2.45) is 0 Å². The van der Waals surface area contributed by atoms with Crippen molar-refractivity contribution in [3.63, 3.8) is 0 Å². The van der Waals surface area contributed by atoms with Crippen molar-refractivity contribution < 1.29 is 14.1 Å². The summed E-state index contributed by atoms with van der Waals surface area (Å²) in [6.07, 6.45) is 1.85. The zero-order valence-electron chi connectivity index (χ0n) is 17.1. The van der Waals surface area contributed by atoms with Crippen LogP contribution < -0.4 is 10.9 Å². The fourth-order valence-electron chi connectivity index (χ4n) is 3.90. The number of carbonyl (C=O) groups excluding carboxylic acids is 2. The van der Waals surface area contributed by atoms with E-state index in [1.807, 2.05) is 18.2 Å². The third-order valence-corrected chi connectivity index (χ3v) is 7.01. The molecule has 0 atom stereocenters. The molecule has 2 N–H and O–H groups in total. The molecule has 6 nitrogen and oxygen atoms in total. The number of hydrogen-bond acceptors (Lipinski definition) is 5. The lowest BCUT2D eigenvalue weighted by Gasteiger charge is -2.15. The van der Waals surface area contributed by atoms with E-state index in [0.29, 0.717) is 26.9 Å². The molecule has 0 bridgehead atoms. The Morgan fingerprint density at radius 2 is 1.66 bits per heavy atom. The maximum absolute atomic E-state index is 12.9. The van der Waals surface area contributed by atoms with Gasteiger partial charge in [-0.15, -0.1) is 11.3 Å². The first-order valence-corrected chi connectivity index (χ1v) is 11.2. The van der Waals surface area contributed by atoms with Crippen molar-refractivity contribution in [3.05, 3.63) is 86.9 Å². The summed E-state index contributed by atoms with van der Waals surface area (Å²) in [7, 11) is 0. The number of amides is 2. The Bertz CT molecular complexity index is 1360. The normalized spacial score (nSPS) is 12.1. The molecule has 0 aliphatic heterocycles. The molecule has 1 aliphatic carbocycles. The van der Waals surface area contributed by atoms with Crippen LogP contribution >= 0.6 is 22.9 Å². The van der Waals surface area contributed by atoms with Crippen molar-refractivity contribution in [3.8, 4) is 21.7 Å². The molecule has 5 rings (SSSR count). The van der Waals surface area contributed by atoms with Crippen LogP contribution in [-0.2, 0) is 12.8 Å². The molecule has 1 aliphatic rings. The molecule has 0 spiro atoms. The summed E-state index contributed by atoms with van der Waals surface area (Å²) < 4.78 is 5.23. The van der Waals surface area contributed by atoms with Gasteiger partial charge in [-0.2, -0.15) is 0 Å². The molecule has 0 radical (unpaired) electrons. The lowest BCUT2D eigenvalue weighted by Crippen LogP contribution is -2.41. The van der Waals surface area contributed by atoms with E-state index in [-0.39, 0.29) is 11.5 Å². The summed E-state index contributed by atoms with van der Waals surface area (Å²) in [6.45, 7) is 1.63. The molecule has 160 valence electrons. The first-order valence-electron chi connectivity index (χ1n) is 10.1. The molecule has 4 aromatic rings. The van der Waals surface area contributed by atoms with E-state index in [9.17, 15) is 9.59 Å². The highest BCUT2D eigenvalue weighted by Gasteiger charge is 2.25. The number of hydrazine groups is 1. The molecule has 2 amide bonds. The Hall–Kier alpha value is -3.42. The second kappa shape index (κ2) is 8.26. The molecular weight excluding hydrogens is 446 g/mol. The summed E-state index contributed by atoms with van der Waals surface area (Å²) in [5, 5.41) is 4.44. The smallest absolute Gasteiger partial charge is 0.279 e. The Morgan fingerprint density at radius 3 is 2.47 bits per heavy atom. The minimum Gasteiger partial charge on any atom is -0.360 e. The zero-order valence-corrected chi connectivity index (χ0v) is 18.6. The van der Waals surface area contributed by atoms with Gasteiger partial charge in [0.2, 0.25) is 0 Å². The Balaban J connectivity index is 1.34. The fourth-order valence-corrected chi connectivity index (χ4v) is 5.29. The first-order chi connectivity index (χ1) is 15.5.